The maximum atomic E-state index is 10.5. The van der Waals surface area contributed by atoms with Crippen LogP contribution in [0.15, 0.2) is 0 Å². The summed E-state index contributed by atoms with van der Waals surface area (Å²) >= 11 is 0. The Hall–Kier alpha value is -1.37. The van der Waals surface area contributed by atoms with Crippen molar-refractivity contribution in [1.29, 1.82) is 5.26 Å². The Morgan fingerprint density at radius 2 is 2.20 bits per heavy atom. The Kier molecular flexibility index (Phi) is 3.12. The minimum absolute atomic E-state index is 0.252. The third kappa shape index (κ3) is 1.86. The predicted molar refractivity (Wildman–Crippen MR) is 32.0 cm³/mol. The molecule has 0 saturated carbocycles. The van der Waals surface area contributed by atoms with Crippen molar-refractivity contribution < 1.29 is 14.7 Å². The lowest BCUT2D eigenvalue weighted by atomic mass is 10.0. The van der Waals surface area contributed by atoms with Crippen LogP contribution in [-0.2, 0) is 9.59 Å². The third-order valence-corrected chi connectivity index (χ3v) is 1.09. The second kappa shape index (κ2) is 3.62. The number of nitriles is 1. The fourth-order valence-corrected chi connectivity index (χ4v) is 0.484. The van der Waals surface area contributed by atoms with Gasteiger partial charge in [0.05, 0.1) is 6.07 Å². The van der Waals surface area contributed by atoms with Crippen LogP contribution in [0.25, 0.3) is 0 Å². The van der Waals surface area contributed by atoms with Gasteiger partial charge >= 0.3 is 5.97 Å². The fraction of sp³-hybridized carbons (Fsp3) is 0.500. The molecular formula is C6H7NO3. The monoisotopic (exact) mass is 141 g/mol. The minimum Gasteiger partial charge on any atom is -0.475 e. The lowest BCUT2D eigenvalue weighted by Gasteiger charge is -1.97. The average Bonchev–Trinajstić information content (AvgIpc) is 1.90. The van der Waals surface area contributed by atoms with Crippen LogP contribution < -0.4 is 0 Å². The fourth-order valence-electron chi connectivity index (χ4n) is 0.484. The Labute approximate surface area is 58.1 Å². The van der Waals surface area contributed by atoms with E-state index in [0.29, 0.717) is 0 Å². The molecule has 4 heteroatoms. The van der Waals surface area contributed by atoms with Gasteiger partial charge in [-0.05, 0) is 6.42 Å². The summed E-state index contributed by atoms with van der Waals surface area (Å²) in [6.07, 6.45) is 0.252. The molecule has 1 N–H and O–H groups in total. The predicted octanol–water partition coefficient (Wildman–Crippen LogP) is 0.190. The van der Waals surface area contributed by atoms with Gasteiger partial charge in [-0.3, -0.25) is 4.79 Å². The lowest BCUT2D eigenvalue weighted by molar-refractivity contribution is -0.150. The van der Waals surface area contributed by atoms with Crippen LogP contribution in [0.5, 0.6) is 0 Å². The maximum Gasteiger partial charge on any atom is 0.373 e. The largest absolute Gasteiger partial charge is 0.475 e. The Bertz CT molecular complexity index is 192. The molecule has 0 aliphatic carbocycles. The number of rotatable bonds is 3. The molecule has 10 heavy (non-hydrogen) atoms. The van der Waals surface area contributed by atoms with Gasteiger partial charge in [0.1, 0.15) is 5.92 Å². The molecule has 0 bridgehead atoms. The molecule has 0 aliphatic rings. The summed E-state index contributed by atoms with van der Waals surface area (Å²) in [6, 6.07) is 1.60. The highest BCUT2D eigenvalue weighted by atomic mass is 16.4. The summed E-state index contributed by atoms with van der Waals surface area (Å²) in [5, 5.41) is 16.3. The molecule has 54 valence electrons. The molecule has 0 aliphatic heterocycles. The molecule has 1 unspecified atom stereocenters. The molecule has 0 saturated heterocycles. The van der Waals surface area contributed by atoms with E-state index in [9.17, 15) is 9.59 Å². The summed E-state index contributed by atoms with van der Waals surface area (Å²) in [5.41, 5.74) is 0. The second-order valence-electron chi connectivity index (χ2n) is 1.76. The number of Topliss-reactive ketones (excluding diaryl/α,β-unsaturated/α-hetero) is 1. The van der Waals surface area contributed by atoms with Crippen molar-refractivity contribution in [3.63, 3.8) is 0 Å². The first-order valence-electron chi connectivity index (χ1n) is 2.80. The first kappa shape index (κ1) is 8.63. The number of aliphatic carboxylic acids is 1. The maximum absolute atomic E-state index is 10.5. The topological polar surface area (TPSA) is 78.2 Å². The highest BCUT2D eigenvalue weighted by Gasteiger charge is 2.21. The second-order valence-corrected chi connectivity index (χ2v) is 1.76. The summed E-state index contributed by atoms with van der Waals surface area (Å²) < 4.78 is 0. The number of carbonyl (C=O) groups excluding carboxylic acids is 1. The number of carbonyl (C=O) groups is 2. The van der Waals surface area contributed by atoms with E-state index in [1.807, 2.05) is 0 Å². The highest BCUT2D eigenvalue weighted by Crippen LogP contribution is 2.01. The van der Waals surface area contributed by atoms with Gasteiger partial charge in [0.25, 0.3) is 5.78 Å². The number of hydrogen-bond donors (Lipinski definition) is 1. The van der Waals surface area contributed by atoms with Gasteiger partial charge in [-0.25, -0.2) is 4.79 Å². The van der Waals surface area contributed by atoms with Crippen LogP contribution in [0.4, 0.5) is 0 Å². The number of nitrogens with zero attached hydrogens (tertiary/aromatic N) is 1. The zero-order valence-electron chi connectivity index (χ0n) is 5.50. The van der Waals surface area contributed by atoms with Crippen LogP contribution in [-0.4, -0.2) is 16.9 Å². The van der Waals surface area contributed by atoms with Gasteiger partial charge in [-0.15, -0.1) is 0 Å². The number of carboxylic acids is 1. The van der Waals surface area contributed by atoms with Crippen LogP contribution in [0, 0.1) is 17.2 Å². The van der Waals surface area contributed by atoms with E-state index in [-0.39, 0.29) is 6.42 Å². The molecule has 0 amide bonds. The Morgan fingerprint density at radius 1 is 1.70 bits per heavy atom. The van der Waals surface area contributed by atoms with Crippen molar-refractivity contribution in [1.82, 2.24) is 0 Å². The quantitative estimate of drug-likeness (QED) is 0.569. The molecule has 0 fully saturated rings. The van der Waals surface area contributed by atoms with Gasteiger partial charge in [0.15, 0.2) is 0 Å². The number of ketones is 1. The van der Waals surface area contributed by atoms with E-state index >= 15 is 0 Å². The molecule has 1 atom stereocenters. The van der Waals surface area contributed by atoms with Crippen molar-refractivity contribution >= 4 is 11.8 Å². The van der Waals surface area contributed by atoms with E-state index in [1.54, 1.807) is 13.0 Å². The molecule has 0 spiro atoms. The third-order valence-electron chi connectivity index (χ3n) is 1.09. The molecule has 0 heterocycles. The van der Waals surface area contributed by atoms with Gasteiger partial charge in [0.2, 0.25) is 0 Å². The average molecular weight is 141 g/mol. The van der Waals surface area contributed by atoms with Crippen molar-refractivity contribution in [2.45, 2.75) is 13.3 Å². The number of hydrogen-bond acceptors (Lipinski definition) is 3. The number of carboxylic acid groups (broad SMARTS) is 1. The van der Waals surface area contributed by atoms with Gasteiger partial charge in [-0.1, -0.05) is 6.92 Å². The standard InChI is InChI=1S/C6H7NO3/c1-2-4(3-7)5(8)6(9)10/h4H,2H2,1H3,(H,9,10). The molecule has 4 nitrogen and oxygen atoms in total. The van der Waals surface area contributed by atoms with E-state index in [4.69, 9.17) is 10.4 Å². The van der Waals surface area contributed by atoms with Crippen LogP contribution in [0.1, 0.15) is 13.3 Å². The van der Waals surface area contributed by atoms with Gasteiger partial charge < -0.3 is 5.11 Å². The zero-order chi connectivity index (χ0) is 8.15. The lowest BCUT2D eigenvalue weighted by Crippen LogP contribution is -2.21. The molecular weight excluding hydrogens is 134 g/mol. The molecule has 0 rings (SSSR count). The molecule has 0 radical (unpaired) electrons. The van der Waals surface area contributed by atoms with Crippen molar-refractivity contribution in [2.24, 2.45) is 5.92 Å². The Morgan fingerprint density at radius 3 is 2.30 bits per heavy atom. The normalized spacial score (nSPS) is 11.6. The summed E-state index contributed by atoms with van der Waals surface area (Å²) in [7, 11) is 0. The highest BCUT2D eigenvalue weighted by molar-refractivity contribution is 6.34. The SMILES string of the molecule is CCC(C#N)C(=O)C(=O)O. The van der Waals surface area contributed by atoms with Crippen LogP contribution in [0.2, 0.25) is 0 Å². The van der Waals surface area contributed by atoms with E-state index < -0.39 is 17.7 Å². The van der Waals surface area contributed by atoms with E-state index in [1.165, 1.54) is 0 Å². The summed E-state index contributed by atoms with van der Waals surface area (Å²) in [5.74, 6) is -3.55. The zero-order valence-corrected chi connectivity index (χ0v) is 5.50. The Balaban J connectivity index is 4.20. The molecule has 0 aromatic heterocycles. The smallest absolute Gasteiger partial charge is 0.373 e. The van der Waals surface area contributed by atoms with Crippen LogP contribution >= 0.6 is 0 Å². The minimum atomic E-state index is -1.53. The summed E-state index contributed by atoms with van der Waals surface area (Å²) in [6.45, 7) is 1.59. The van der Waals surface area contributed by atoms with Crippen LogP contribution in [0.3, 0.4) is 0 Å². The molecule has 0 aromatic carbocycles. The van der Waals surface area contributed by atoms with E-state index in [0.717, 1.165) is 0 Å². The van der Waals surface area contributed by atoms with Crippen molar-refractivity contribution in [3.8, 4) is 6.07 Å². The van der Waals surface area contributed by atoms with Gasteiger partial charge in [0, 0.05) is 0 Å². The first-order chi connectivity index (χ1) is 4.63. The summed E-state index contributed by atoms with van der Waals surface area (Å²) in [4.78, 5) is 20.4. The molecule has 0 aromatic rings. The van der Waals surface area contributed by atoms with Crippen molar-refractivity contribution in [2.75, 3.05) is 0 Å². The first-order valence-corrected chi connectivity index (χ1v) is 2.80. The van der Waals surface area contributed by atoms with Crippen molar-refractivity contribution in [3.05, 3.63) is 0 Å². The van der Waals surface area contributed by atoms with E-state index in [2.05, 4.69) is 0 Å². The van der Waals surface area contributed by atoms with Gasteiger partial charge in [-0.2, -0.15) is 5.26 Å².